The van der Waals surface area contributed by atoms with E-state index < -0.39 is 11.6 Å². The summed E-state index contributed by atoms with van der Waals surface area (Å²) in [5.41, 5.74) is 6.82. The van der Waals surface area contributed by atoms with Gasteiger partial charge in [0, 0.05) is 17.7 Å². The van der Waals surface area contributed by atoms with Gasteiger partial charge in [0.05, 0.1) is 0 Å². The molecule has 4 heteroatoms. The number of halogens is 2. The van der Waals surface area contributed by atoms with Gasteiger partial charge in [-0.25, -0.2) is 8.78 Å². The summed E-state index contributed by atoms with van der Waals surface area (Å²) in [6, 6.07) is 8.57. The average molecular weight is 263 g/mol. The lowest BCUT2D eigenvalue weighted by Gasteiger charge is -2.14. The van der Waals surface area contributed by atoms with E-state index in [1.54, 1.807) is 38.1 Å². The summed E-state index contributed by atoms with van der Waals surface area (Å²) in [5, 5.41) is 0. The molecule has 19 heavy (non-hydrogen) atoms. The van der Waals surface area contributed by atoms with E-state index in [0.717, 1.165) is 0 Å². The zero-order valence-corrected chi connectivity index (χ0v) is 10.8. The van der Waals surface area contributed by atoms with Crippen molar-refractivity contribution in [1.29, 1.82) is 0 Å². The van der Waals surface area contributed by atoms with Crippen LogP contribution >= 0.6 is 0 Å². The number of rotatable bonds is 3. The molecule has 0 heterocycles. The van der Waals surface area contributed by atoms with Crippen LogP contribution in [0.3, 0.4) is 0 Å². The highest BCUT2D eigenvalue weighted by Crippen LogP contribution is 2.32. The van der Waals surface area contributed by atoms with E-state index in [-0.39, 0.29) is 17.5 Å². The second-order valence-electron chi connectivity index (χ2n) is 4.46. The molecule has 0 saturated heterocycles. The number of benzene rings is 2. The number of hydrogen-bond donors (Lipinski definition) is 1. The van der Waals surface area contributed by atoms with Crippen LogP contribution in [0.5, 0.6) is 11.5 Å². The van der Waals surface area contributed by atoms with Crippen LogP contribution in [0, 0.1) is 18.6 Å². The largest absolute Gasteiger partial charge is 0.454 e. The number of ether oxygens (including phenoxy) is 1. The molecule has 1 atom stereocenters. The average Bonchev–Trinajstić information content (AvgIpc) is 2.36. The van der Waals surface area contributed by atoms with Crippen molar-refractivity contribution in [2.75, 3.05) is 0 Å². The Morgan fingerprint density at radius 3 is 2.47 bits per heavy atom. The molecule has 0 unspecified atom stereocenters. The Hall–Kier alpha value is -1.94. The Morgan fingerprint density at radius 1 is 1.11 bits per heavy atom. The molecular formula is C15H15F2NO. The quantitative estimate of drug-likeness (QED) is 0.905. The van der Waals surface area contributed by atoms with Crippen molar-refractivity contribution < 1.29 is 13.5 Å². The van der Waals surface area contributed by atoms with Gasteiger partial charge in [-0.3, -0.25) is 0 Å². The van der Waals surface area contributed by atoms with Crippen molar-refractivity contribution in [3.8, 4) is 11.5 Å². The zero-order valence-electron chi connectivity index (χ0n) is 10.8. The highest BCUT2D eigenvalue weighted by atomic mass is 19.1. The SMILES string of the molecule is Cc1ccc(Oc2c(F)cccc2[C@H](C)N)cc1F. The number of para-hydroxylation sites is 1. The third kappa shape index (κ3) is 2.90. The maximum atomic E-state index is 13.8. The predicted molar refractivity (Wildman–Crippen MR) is 70.2 cm³/mol. The van der Waals surface area contributed by atoms with Crippen LogP contribution in [0.4, 0.5) is 8.78 Å². The van der Waals surface area contributed by atoms with Crippen LogP contribution in [0.25, 0.3) is 0 Å². The number of nitrogens with two attached hydrogens (primary N) is 1. The lowest BCUT2D eigenvalue weighted by atomic mass is 10.1. The normalized spacial score (nSPS) is 12.3. The Morgan fingerprint density at radius 2 is 1.84 bits per heavy atom. The van der Waals surface area contributed by atoms with E-state index in [9.17, 15) is 8.78 Å². The van der Waals surface area contributed by atoms with Crippen LogP contribution in [0.15, 0.2) is 36.4 Å². The first kappa shape index (κ1) is 13.5. The molecule has 0 bridgehead atoms. The minimum atomic E-state index is -0.518. The second kappa shape index (κ2) is 5.36. The van der Waals surface area contributed by atoms with Crippen LogP contribution < -0.4 is 10.5 Å². The minimum absolute atomic E-state index is 0.0424. The van der Waals surface area contributed by atoms with Crippen molar-refractivity contribution in [2.45, 2.75) is 19.9 Å². The standard InChI is InChI=1S/C15H15F2NO/c1-9-6-7-11(8-14(9)17)19-15-12(10(2)18)4-3-5-13(15)16/h3-8,10H,18H2,1-2H3/t10-/m0/s1. The van der Waals surface area contributed by atoms with E-state index in [4.69, 9.17) is 10.5 Å². The zero-order chi connectivity index (χ0) is 14.0. The van der Waals surface area contributed by atoms with E-state index in [2.05, 4.69) is 0 Å². The summed E-state index contributed by atoms with van der Waals surface area (Å²) in [7, 11) is 0. The van der Waals surface area contributed by atoms with Crippen LogP contribution in [-0.2, 0) is 0 Å². The number of hydrogen-bond acceptors (Lipinski definition) is 2. The third-order valence-electron chi connectivity index (χ3n) is 2.85. The second-order valence-corrected chi connectivity index (χ2v) is 4.46. The molecule has 2 nitrogen and oxygen atoms in total. The third-order valence-corrected chi connectivity index (χ3v) is 2.85. The van der Waals surface area contributed by atoms with Crippen molar-refractivity contribution in [1.82, 2.24) is 0 Å². The Labute approximate surface area is 110 Å². The Balaban J connectivity index is 2.40. The molecule has 2 rings (SSSR count). The number of aryl methyl sites for hydroxylation is 1. The first-order valence-corrected chi connectivity index (χ1v) is 5.97. The summed E-state index contributed by atoms with van der Waals surface area (Å²) in [6.45, 7) is 3.38. The Kier molecular flexibility index (Phi) is 3.81. The van der Waals surface area contributed by atoms with E-state index in [0.29, 0.717) is 11.1 Å². The smallest absolute Gasteiger partial charge is 0.167 e. The molecule has 2 aromatic rings. The summed E-state index contributed by atoms with van der Waals surface area (Å²) in [6.07, 6.45) is 0. The van der Waals surface area contributed by atoms with Crippen molar-refractivity contribution in [3.05, 3.63) is 59.2 Å². The van der Waals surface area contributed by atoms with E-state index in [1.807, 2.05) is 0 Å². The van der Waals surface area contributed by atoms with E-state index >= 15 is 0 Å². The fourth-order valence-corrected chi connectivity index (χ4v) is 1.75. The molecule has 0 aliphatic heterocycles. The predicted octanol–water partition coefficient (Wildman–Crippen LogP) is 4.09. The van der Waals surface area contributed by atoms with Crippen LogP contribution in [-0.4, -0.2) is 0 Å². The van der Waals surface area contributed by atoms with Gasteiger partial charge in [0.1, 0.15) is 11.6 Å². The summed E-state index contributed by atoms with van der Waals surface area (Å²) in [4.78, 5) is 0. The van der Waals surface area contributed by atoms with E-state index in [1.165, 1.54) is 12.1 Å². The Bertz CT molecular complexity index is 597. The van der Waals surface area contributed by atoms with Gasteiger partial charge in [0.2, 0.25) is 0 Å². The first-order chi connectivity index (χ1) is 8.99. The molecule has 0 radical (unpaired) electrons. The van der Waals surface area contributed by atoms with Gasteiger partial charge in [-0.05, 0) is 31.5 Å². The molecule has 0 aliphatic rings. The molecule has 0 aliphatic carbocycles. The minimum Gasteiger partial charge on any atom is -0.454 e. The van der Waals surface area contributed by atoms with Crippen molar-refractivity contribution >= 4 is 0 Å². The monoisotopic (exact) mass is 263 g/mol. The summed E-state index contributed by atoms with van der Waals surface area (Å²) < 4.78 is 32.7. The van der Waals surface area contributed by atoms with Crippen molar-refractivity contribution in [2.24, 2.45) is 5.73 Å². The molecule has 2 aromatic carbocycles. The maximum Gasteiger partial charge on any atom is 0.167 e. The molecule has 0 amide bonds. The van der Waals surface area contributed by atoms with Gasteiger partial charge in [-0.15, -0.1) is 0 Å². The first-order valence-electron chi connectivity index (χ1n) is 5.97. The van der Waals surface area contributed by atoms with Gasteiger partial charge >= 0.3 is 0 Å². The maximum absolute atomic E-state index is 13.8. The molecule has 0 fully saturated rings. The van der Waals surface area contributed by atoms with Crippen molar-refractivity contribution in [3.63, 3.8) is 0 Å². The van der Waals surface area contributed by atoms with Crippen LogP contribution in [0.2, 0.25) is 0 Å². The molecule has 2 N–H and O–H groups in total. The topological polar surface area (TPSA) is 35.2 Å². The van der Waals surface area contributed by atoms with Crippen LogP contribution in [0.1, 0.15) is 24.1 Å². The lowest BCUT2D eigenvalue weighted by molar-refractivity contribution is 0.429. The summed E-state index contributed by atoms with van der Waals surface area (Å²) >= 11 is 0. The lowest BCUT2D eigenvalue weighted by Crippen LogP contribution is -2.07. The van der Waals surface area contributed by atoms with Gasteiger partial charge in [0.25, 0.3) is 0 Å². The van der Waals surface area contributed by atoms with Gasteiger partial charge in [-0.2, -0.15) is 0 Å². The molecule has 100 valence electrons. The van der Waals surface area contributed by atoms with Gasteiger partial charge < -0.3 is 10.5 Å². The highest BCUT2D eigenvalue weighted by molar-refractivity contribution is 5.41. The molecular weight excluding hydrogens is 248 g/mol. The fourth-order valence-electron chi connectivity index (χ4n) is 1.75. The molecule has 0 aromatic heterocycles. The molecule has 0 spiro atoms. The van der Waals surface area contributed by atoms with Gasteiger partial charge in [-0.1, -0.05) is 18.2 Å². The van der Waals surface area contributed by atoms with Gasteiger partial charge in [0.15, 0.2) is 11.6 Å². The molecule has 0 saturated carbocycles. The fraction of sp³-hybridized carbons (Fsp3) is 0.200. The highest BCUT2D eigenvalue weighted by Gasteiger charge is 2.14. The summed E-state index contributed by atoms with van der Waals surface area (Å²) in [5.74, 6) is -0.622.